The van der Waals surface area contributed by atoms with E-state index < -0.39 is 0 Å². The fraction of sp³-hybridized carbons (Fsp3) is 0.923. The van der Waals surface area contributed by atoms with Crippen molar-refractivity contribution in [3.8, 4) is 0 Å². The zero-order valence-corrected chi connectivity index (χ0v) is 9.87. The number of piperidine rings is 2. The highest BCUT2D eigenvalue weighted by Gasteiger charge is 2.36. The van der Waals surface area contributed by atoms with Gasteiger partial charge in [-0.25, -0.2) is 0 Å². The van der Waals surface area contributed by atoms with Crippen LogP contribution in [0.1, 0.15) is 58.3 Å². The van der Waals surface area contributed by atoms with E-state index in [0.717, 1.165) is 12.8 Å². The van der Waals surface area contributed by atoms with E-state index in [0.29, 0.717) is 17.9 Å². The normalized spacial score (nSPS) is 31.9. The molecule has 0 aromatic rings. The Bertz CT molecular complexity index is 211. The largest absolute Gasteiger partial charge is 0.300 e. The maximum absolute atomic E-state index is 11.5. The molecule has 0 spiro atoms. The Hall–Kier alpha value is -0.370. The summed E-state index contributed by atoms with van der Waals surface area (Å²) in [5.74, 6) is 0.511. The number of hydrogen-bond donors (Lipinski definition) is 0. The van der Waals surface area contributed by atoms with Gasteiger partial charge in [0.2, 0.25) is 0 Å². The molecule has 0 aromatic heterocycles. The van der Waals surface area contributed by atoms with Gasteiger partial charge in [-0.2, -0.15) is 0 Å². The second-order valence-corrected chi connectivity index (χ2v) is 5.13. The van der Waals surface area contributed by atoms with Gasteiger partial charge in [-0.1, -0.05) is 26.2 Å². The molecule has 2 heteroatoms. The number of nitrogens with zero attached hydrogens (tertiary/aromatic N) is 1. The standard InChI is InChI=1S/C13H23NO/c1-2-3-4-8-14-11-6-5-7-12(14)10-13(15)9-11/h11-12H,2-10H2,1H3. The Balaban J connectivity index is 1.89. The minimum absolute atomic E-state index is 0.511. The first-order chi connectivity index (χ1) is 7.31. The number of unbranched alkanes of at least 4 members (excludes halogenated alkanes) is 2. The molecule has 0 aliphatic carbocycles. The lowest BCUT2D eigenvalue weighted by atomic mass is 9.83. The smallest absolute Gasteiger partial charge is 0.136 e. The minimum Gasteiger partial charge on any atom is -0.300 e. The molecule has 0 saturated carbocycles. The molecule has 15 heavy (non-hydrogen) atoms. The van der Waals surface area contributed by atoms with Crippen molar-refractivity contribution < 1.29 is 4.79 Å². The van der Waals surface area contributed by atoms with Gasteiger partial charge in [0.15, 0.2) is 0 Å². The Labute approximate surface area is 93.0 Å². The molecule has 2 heterocycles. The Morgan fingerprint density at radius 2 is 1.87 bits per heavy atom. The molecule has 0 N–H and O–H groups in total. The van der Waals surface area contributed by atoms with Crippen LogP contribution in [0.2, 0.25) is 0 Å². The average Bonchev–Trinajstić information content (AvgIpc) is 2.19. The third-order valence-corrected chi connectivity index (χ3v) is 3.96. The topological polar surface area (TPSA) is 20.3 Å². The predicted molar refractivity (Wildman–Crippen MR) is 61.9 cm³/mol. The van der Waals surface area contributed by atoms with Crippen LogP contribution in [-0.4, -0.2) is 29.3 Å². The molecule has 2 aliphatic heterocycles. The summed E-state index contributed by atoms with van der Waals surface area (Å²) in [6.45, 7) is 3.48. The molecule has 2 nitrogen and oxygen atoms in total. The van der Waals surface area contributed by atoms with Crippen molar-refractivity contribution in [2.45, 2.75) is 70.4 Å². The predicted octanol–water partition coefficient (Wildman–Crippen LogP) is 2.76. The highest BCUT2D eigenvalue weighted by atomic mass is 16.1. The first kappa shape index (κ1) is 11.1. The third kappa shape index (κ3) is 2.60. The Kier molecular flexibility index (Phi) is 3.79. The van der Waals surface area contributed by atoms with E-state index >= 15 is 0 Å². The van der Waals surface area contributed by atoms with Crippen molar-refractivity contribution in [1.82, 2.24) is 4.90 Å². The molecular formula is C13H23NO. The van der Waals surface area contributed by atoms with Gasteiger partial charge in [0.05, 0.1) is 0 Å². The monoisotopic (exact) mass is 209 g/mol. The van der Waals surface area contributed by atoms with Gasteiger partial charge in [0.1, 0.15) is 5.78 Å². The zero-order chi connectivity index (χ0) is 10.7. The highest BCUT2D eigenvalue weighted by molar-refractivity contribution is 5.80. The van der Waals surface area contributed by atoms with Crippen molar-refractivity contribution in [2.24, 2.45) is 0 Å². The Morgan fingerprint density at radius 1 is 1.20 bits per heavy atom. The number of carbonyl (C=O) groups excluding carboxylic acids is 1. The van der Waals surface area contributed by atoms with Crippen molar-refractivity contribution in [2.75, 3.05) is 6.54 Å². The summed E-state index contributed by atoms with van der Waals surface area (Å²) in [6.07, 6.45) is 9.48. The SMILES string of the molecule is CCCCCN1C2CCCC1CC(=O)C2. The molecule has 2 unspecified atom stereocenters. The summed E-state index contributed by atoms with van der Waals surface area (Å²) in [5, 5.41) is 0. The quantitative estimate of drug-likeness (QED) is 0.664. The van der Waals surface area contributed by atoms with Crippen LogP contribution < -0.4 is 0 Å². The lowest BCUT2D eigenvalue weighted by Gasteiger charge is -2.45. The van der Waals surface area contributed by atoms with Gasteiger partial charge in [0.25, 0.3) is 0 Å². The van der Waals surface area contributed by atoms with E-state index in [-0.39, 0.29) is 0 Å². The van der Waals surface area contributed by atoms with Gasteiger partial charge in [-0.05, 0) is 25.8 Å². The number of Topliss-reactive ketones (excluding diaryl/α,β-unsaturated/α-hetero) is 1. The maximum atomic E-state index is 11.5. The van der Waals surface area contributed by atoms with Crippen LogP contribution in [0.15, 0.2) is 0 Å². The molecular weight excluding hydrogens is 186 g/mol. The summed E-state index contributed by atoms with van der Waals surface area (Å²) in [7, 11) is 0. The fourth-order valence-corrected chi connectivity index (χ4v) is 3.18. The molecule has 2 rings (SSSR count). The van der Waals surface area contributed by atoms with E-state index in [1.54, 1.807) is 0 Å². The summed E-state index contributed by atoms with van der Waals surface area (Å²) in [5.41, 5.74) is 0. The molecule has 0 amide bonds. The van der Waals surface area contributed by atoms with E-state index in [9.17, 15) is 4.79 Å². The highest BCUT2D eigenvalue weighted by Crippen LogP contribution is 2.32. The number of carbonyl (C=O) groups is 1. The van der Waals surface area contributed by atoms with E-state index in [4.69, 9.17) is 0 Å². The minimum atomic E-state index is 0.511. The second-order valence-electron chi connectivity index (χ2n) is 5.13. The van der Waals surface area contributed by atoms with E-state index in [1.807, 2.05) is 0 Å². The zero-order valence-electron chi connectivity index (χ0n) is 9.87. The molecule has 2 aliphatic rings. The van der Waals surface area contributed by atoms with Gasteiger partial charge < -0.3 is 0 Å². The van der Waals surface area contributed by atoms with E-state index in [2.05, 4.69) is 11.8 Å². The van der Waals surface area contributed by atoms with Crippen LogP contribution in [0, 0.1) is 0 Å². The fourth-order valence-electron chi connectivity index (χ4n) is 3.18. The number of ketones is 1. The Morgan fingerprint density at radius 3 is 2.47 bits per heavy atom. The van der Waals surface area contributed by atoms with Crippen LogP contribution in [0.3, 0.4) is 0 Å². The van der Waals surface area contributed by atoms with Crippen LogP contribution in [0.25, 0.3) is 0 Å². The van der Waals surface area contributed by atoms with Crippen LogP contribution >= 0.6 is 0 Å². The molecule has 2 fully saturated rings. The molecule has 0 aromatic carbocycles. The number of hydrogen-bond acceptors (Lipinski definition) is 2. The first-order valence-corrected chi connectivity index (χ1v) is 6.58. The summed E-state index contributed by atoms with van der Waals surface area (Å²) in [4.78, 5) is 14.2. The third-order valence-electron chi connectivity index (χ3n) is 3.96. The van der Waals surface area contributed by atoms with E-state index in [1.165, 1.54) is 45.1 Å². The summed E-state index contributed by atoms with van der Waals surface area (Å²) in [6, 6.07) is 1.20. The van der Waals surface area contributed by atoms with Crippen molar-refractivity contribution in [1.29, 1.82) is 0 Å². The number of rotatable bonds is 4. The first-order valence-electron chi connectivity index (χ1n) is 6.58. The molecule has 86 valence electrons. The van der Waals surface area contributed by atoms with Gasteiger partial charge in [0, 0.05) is 24.9 Å². The van der Waals surface area contributed by atoms with Crippen molar-refractivity contribution in [3.63, 3.8) is 0 Å². The molecule has 2 saturated heterocycles. The van der Waals surface area contributed by atoms with Gasteiger partial charge in [-0.15, -0.1) is 0 Å². The van der Waals surface area contributed by atoms with Crippen LogP contribution in [0.4, 0.5) is 0 Å². The van der Waals surface area contributed by atoms with Crippen LogP contribution in [-0.2, 0) is 4.79 Å². The van der Waals surface area contributed by atoms with Crippen molar-refractivity contribution in [3.05, 3.63) is 0 Å². The van der Waals surface area contributed by atoms with Gasteiger partial charge in [-0.3, -0.25) is 9.69 Å². The molecule has 2 bridgehead atoms. The lowest BCUT2D eigenvalue weighted by Crippen LogP contribution is -2.52. The van der Waals surface area contributed by atoms with Gasteiger partial charge >= 0.3 is 0 Å². The molecule has 2 atom stereocenters. The lowest BCUT2D eigenvalue weighted by molar-refractivity contribution is -0.127. The maximum Gasteiger partial charge on any atom is 0.136 e. The second kappa shape index (κ2) is 5.11. The molecule has 0 radical (unpaired) electrons. The average molecular weight is 209 g/mol. The van der Waals surface area contributed by atoms with Crippen molar-refractivity contribution >= 4 is 5.78 Å². The summed E-state index contributed by atoms with van der Waals surface area (Å²) < 4.78 is 0. The summed E-state index contributed by atoms with van der Waals surface area (Å²) >= 11 is 0. The van der Waals surface area contributed by atoms with Crippen LogP contribution in [0.5, 0.6) is 0 Å². The number of fused-ring (bicyclic) bond motifs is 2.